The highest BCUT2D eigenvalue weighted by atomic mass is 16.4. The Hall–Kier alpha value is -1.06. The van der Waals surface area contributed by atoms with Crippen LogP contribution >= 0.6 is 0 Å². The second-order valence-electron chi connectivity index (χ2n) is 6.51. The molecule has 1 aliphatic heterocycles. The third kappa shape index (κ3) is 1.91. The summed E-state index contributed by atoms with van der Waals surface area (Å²) in [5.74, 6) is -1.12. The standard InChI is InChI=1S/C14H23NO3/c1-8-6-5-7-15(9(8)2)12(16)10-11(13(17)18)14(10,3)4/h8-11H,5-7H2,1-4H3,(H,17,18)/t8?,9?,10-,11+/m1/s1. The minimum absolute atomic E-state index is 0.0476. The van der Waals surface area contributed by atoms with Crippen molar-refractivity contribution in [1.29, 1.82) is 0 Å². The lowest BCUT2D eigenvalue weighted by molar-refractivity contribution is -0.143. The molecular formula is C14H23NO3. The van der Waals surface area contributed by atoms with Crippen molar-refractivity contribution in [3.63, 3.8) is 0 Å². The zero-order chi connectivity index (χ0) is 13.7. The van der Waals surface area contributed by atoms with Crippen LogP contribution in [0.2, 0.25) is 0 Å². The maximum absolute atomic E-state index is 12.5. The Morgan fingerprint density at radius 3 is 2.33 bits per heavy atom. The Balaban J connectivity index is 2.11. The Bertz CT molecular complexity index is 377. The van der Waals surface area contributed by atoms with Crippen LogP contribution in [0.4, 0.5) is 0 Å². The van der Waals surface area contributed by atoms with E-state index in [1.54, 1.807) is 0 Å². The van der Waals surface area contributed by atoms with Gasteiger partial charge < -0.3 is 10.0 Å². The maximum Gasteiger partial charge on any atom is 0.307 e. The van der Waals surface area contributed by atoms with Crippen LogP contribution < -0.4 is 0 Å². The molecule has 4 atom stereocenters. The van der Waals surface area contributed by atoms with E-state index in [9.17, 15) is 9.59 Å². The van der Waals surface area contributed by atoms with E-state index >= 15 is 0 Å². The molecule has 102 valence electrons. The van der Waals surface area contributed by atoms with Gasteiger partial charge in [-0.3, -0.25) is 9.59 Å². The summed E-state index contributed by atoms with van der Waals surface area (Å²) in [4.78, 5) is 25.6. The maximum atomic E-state index is 12.5. The van der Waals surface area contributed by atoms with Gasteiger partial charge in [0.15, 0.2) is 0 Å². The third-order valence-electron chi connectivity index (χ3n) is 5.02. The van der Waals surface area contributed by atoms with E-state index < -0.39 is 11.9 Å². The lowest BCUT2D eigenvalue weighted by Crippen LogP contribution is -2.47. The van der Waals surface area contributed by atoms with Crippen molar-refractivity contribution in [3.8, 4) is 0 Å². The van der Waals surface area contributed by atoms with Crippen molar-refractivity contribution < 1.29 is 14.7 Å². The van der Waals surface area contributed by atoms with Crippen molar-refractivity contribution in [1.82, 2.24) is 4.90 Å². The zero-order valence-corrected chi connectivity index (χ0v) is 11.6. The summed E-state index contributed by atoms with van der Waals surface area (Å²) in [5, 5.41) is 9.15. The van der Waals surface area contributed by atoms with Crippen molar-refractivity contribution in [2.24, 2.45) is 23.2 Å². The Kier molecular flexibility index (Phi) is 3.16. The van der Waals surface area contributed by atoms with Crippen LogP contribution in [0.1, 0.15) is 40.5 Å². The van der Waals surface area contributed by atoms with Crippen LogP contribution in [0, 0.1) is 23.2 Å². The van der Waals surface area contributed by atoms with Gasteiger partial charge in [0.25, 0.3) is 0 Å². The Morgan fingerprint density at radius 2 is 1.83 bits per heavy atom. The molecule has 2 fully saturated rings. The number of aliphatic carboxylic acids is 1. The first-order valence-corrected chi connectivity index (χ1v) is 6.81. The number of hydrogen-bond acceptors (Lipinski definition) is 2. The Labute approximate surface area is 108 Å². The van der Waals surface area contributed by atoms with E-state index in [1.165, 1.54) is 0 Å². The highest BCUT2D eigenvalue weighted by molar-refractivity contribution is 5.91. The number of carboxylic acids is 1. The molecule has 4 heteroatoms. The molecule has 0 bridgehead atoms. The lowest BCUT2D eigenvalue weighted by atomic mass is 9.91. The van der Waals surface area contributed by atoms with Crippen LogP contribution in [0.15, 0.2) is 0 Å². The van der Waals surface area contributed by atoms with Gasteiger partial charge in [0.1, 0.15) is 0 Å². The number of carbonyl (C=O) groups excluding carboxylic acids is 1. The summed E-state index contributed by atoms with van der Waals surface area (Å²) in [6, 6.07) is 0.233. The monoisotopic (exact) mass is 253 g/mol. The number of rotatable bonds is 2. The molecule has 1 saturated heterocycles. The molecule has 1 N–H and O–H groups in total. The third-order valence-corrected chi connectivity index (χ3v) is 5.02. The molecule has 2 unspecified atom stereocenters. The molecule has 1 amide bonds. The smallest absolute Gasteiger partial charge is 0.307 e. The van der Waals surface area contributed by atoms with E-state index in [2.05, 4.69) is 13.8 Å². The van der Waals surface area contributed by atoms with Gasteiger partial charge in [-0.05, 0) is 31.1 Å². The molecule has 0 aromatic carbocycles. The van der Waals surface area contributed by atoms with Crippen molar-refractivity contribution in [2.75, 3.05) is 6.54 Å². The number of carbonyl (C=O) groups is 2. The molecule has 18 heavy (non-hydrogen) atoms. The van der Waals surface area contributed by atoms with Gasteiger partial charge in [-0.2, -0.15) is 0 Å². The highest BCUT2D eigenvalue weighted by Gasteiger charge is 2.66. The largest absolute Gasteiger partial charge is 0.481 e. The molecule has 0 spiro atoms. The van der Waals surface area contributed by atoms with E-state index in [-0.39, 0.29) is 23.3 Å². The minimum Gasteiger partial charge on any atom is -0.481 e. The quantitative estimate of drug-likeness (QED) is 0.818. The second-order valence-corrected chi connectivity index (χ2v) is 6.51. The molecule has 1 saturated carbocycles. The summed E-state index contributed by atoms with van der Waals surface area (Å²) in [7, 11) is 0. The van der Waals surface area contributed by atoms with Crippen LogP contribution in [-0.4, -0.2) is 34.5 Å². The fourth-order valence-corrected chi connectivity index (χ4v) is 3.38. The fourth-order valence-electron chi connectivity index (χ4n) is 3.38. The number of nitrogens with zero attached hydrogens (tertiary/aromatic N) is 1. The molecule has 1 heterocycles. The number of likely N-dealkylation sites (tertiary alicyclic amines) is 1. The van der Waals surface area contributed by atoms with E-state index in [1.807, 2.05) is 18.7 Å². The summed E-state index contributed by atoms with van der Waals surface area (Å²) < 4.78 is 0. The molecule has 0 aromatic heterocycles. The van der Waals surface area contributed by atoms with Crippen molar-refractivity contribution in [2.45, 2.75) is 46.6 Å². The zero-order valence-electron chi connectivity index (χ0n) is 11.6. The normalized spacial score (nSPS) is 38.3. The highest BCUT2D eigenvalue weighted by Crippen LogP contribution is 2.59. The number of amides is 1. The van der Waals surface area contributed by atoms with Gasteiger partial charge in [-0.1, -0.05) is 20.8 Å². The summed E-state index contributed by atoms with van der Waals surface area (Å²) in [6.07, 6.45) is 2.18. The van der Waals surface area contributed by atoms with E-state index in [0.29, 0.717) is 5.92 Å². The van der Waals surface area contributed by atoms with E-state index in [0.717, 1.165) is 19.4 Å². The lowest BCUT2D eigenvalue weighted by Gasteiger charge is -2.38. The minimum atomic E-state index is -0.837. The first-order valence-electron chi connectivity index (χ1n) is 6.81. The topological polar surface area (TPSA) is 57.6 Å². The molecule has 4 nitrogen and oxygen atoms in total. The van der Waals surface area contributed by atoms with Gasteiger partial charge in [0, 0.05) is 12.6 Å². The predicted molar refractivity (Wildman–Crippen MR) is 68.0 cm³/mol. The van der Waals surface area contributed by atoms with Crippen LogP contribution in [0.25, 0.3) is 0 Å². The van der Waals surface area contributed by atoms with Gasteiger partial charge in [0.05, 0.1) is 11.8 Å². The molecule has 2 aliphatic rings. The molecular weight excluding hydrogens is 230 g/mol. The number of carboxylic acid groups (broad SMARTS) is 1. The van der Waals surface area contributed by atoms with Gasteiger partial charge in [-0.15, -0.1) is 0 Å². The predicted octanol–water partition coefficient (Wildman–Crippen LogP) is 1.99. The molecule has 2 rings (SSSR count). The fraction of sp³-hybridized carbons (Fsp3) is 0.857. The van der Waals surface area contributed by atoms with Crippen molar-refractivity contribution in [3.05, 3.63) is 0 Å². The molecule has 0 radical (unpaired) electrons. The molecule has 0 aromatic rings. The van der Waals surface area contributed by atoms with Gasteiger partial charge in [-0.25, -0.2) is 0 Å². The number of piperidine rings is 1. The first kappa shape index (κ1) is 13.4. The molecule has 1 aliphatic carbocycles. The average molecular weight is 253 g/mol. The van der Waals surface area contributed by atoms with Gasteiger partial charge in [0.2, 0.25) is 5.91 Å². The van der Waals surface area contributed by atoms with Crippen LogP contribution in [-0.2, 0) is 9.59 Å². The SMILES string of the molecule is CC1CCCN(C(=O)[C@H]2[C@@H](C(=O)O)C2(C)C)C1C. The van der Waals surface area contributed by atoms with Crippen LogP contribution in [0.3, 0.4) is 0 Å². The number of hydrogen-bond donors (Lipinski definition) is 1. The van der Waals surface area contributed by atoms with E-state index in [4.69, 9.17) is 5.11 Å². The summed E-state index contributed by atoms with van der Waals surface area (Å²) in [6.45, 7) is 8.78. The first-order chi connectivity index (χ1) is 8.28. The van der Waals surface area contributed by atoms with Crippen molar-refractivity contribution >= 4 is 11.9 Å². The summed E-state index contributed by atoms with van der Waals surface area (Å²) in [5.41, 5.74) is -0.386. The average Bonchev–Trinajstić information content (AvgIpc) is 2.85. The Morgan fingerprint density at radius 1 is 1.22 bits per heavy atom. The van der Waals surface area contributed by atoms with Crippen LogP contribution in [0.5, 0.6) is 0 Å². The second kappa shape index (κ2) is 4.25. The summed E-state index contributed by atoms with van der Waals surface area (Å²) >= 11 is 0. The van der Waals surface area contributed by atoms with Gasteiger partial charge >= 0.3 is 5.97 Å².